The highest BCUT2D eigenvalue weighted by atomic mass is 16.5. The van der Waals surface area contributed by atoms with Crippen molar-refractivity contribution in [3.8, 4) is 0 Å². The van der Waals surface area contributed by atoms with Crippen LogP contribution >= 0.6 is 0 Å². The molecule has 2 aromatic heterocycles. The van der Waals surface area contributed by atoms with Gasteiger partial charge >= 0.3 is 6.03 Å². The normalized spacial score (nSPS) is 10.5. The van der Waals surface area contributed by atoms with Gasteiger partial charge in [-0.05, 0) is 24.1 Å². The van der Waals surface area contributed by atoms with Crippen molar-refractivity contribution >= 4 is 11.8 Å². The maximum Gasteiger partial charge on any atom is 0.323 e. The Balaban J connectivity index is 1.83. The molecular weight excluding hydrogens is 282 g/mol. The summed E-state index contributed by atoms with van der Waals surface area (Å²) in [5.74, 6) is 0.545. The first-order chi connectivity index (χ1) is 10.7. The number of hydrogen-bond donors (Lipinski definition) is 1. The minimum Gasteiger partial charge on any atom is -0.385 e. The van der Waals surface area contributed by atoms with Crippen molar-refractivity contribution in [3.05, 3.63) is 42.4 Å². The molecule has 0 aliphatic heterocycles. The predicted octanol–water partition coefficient (Wildman–Crippen LogP) is 1.98. The quantitative estimate of drug-likeness (QED) is 0.794. The first kappa shape index (κ1) is 16.0. The number of amides is 2. The van der Waals surface area contributed by atoms with Gasteiger partial charge in [0.05, 0.1) is 0 Å². The fraction of sp³-hybridized carbons (Fsp3) is 0.400. The number of anilines is 1. The van der Waals surface area contributed by atoms with E-state index in [-0.39, 0.29) is 6.03 Å². The van der Waals surface area contributed by atoms with E-state index in [1.165, 1.54) is 0 Å². The summed E-state index contributed by atoms with van der Waals surface area (Å²) in [7, 11) is 3.42. The van der Waals surface area contributed by atoms with Gasteiger partial charge in [-0.1, -0.05) is 0 Å². The second-order valence-electron chi connectivity index (χ2n) is 4.95. The molecule has 0 unspecified atom stereocenters. The number of hydrogen-bond acceptors (Lipinski definition) is 4. The highest BCUT2D eigenvalue weighted by Crippen LogP contribution is 2.07. The Morgan fingerprint density at radius 2 is 2.14 bits per heavy atom. The number of rotatable bonds is 7. The summed E-state index contributed by atoms with van der Waals surface area (Å²) in [5, 5.41) is 7.08. The van der Waals surface area contributed by atoms with Gasteiger partial charge in [0.15, 0.2) is 5.82 Å². The number of carbonyl (C=O) groups is 1. The summed E-state index contributed by atoms with van der Waals surface area (Å²) >= 11 is 0. The third-order valence-corrected chi connectivity index (χ3v) is 3.13. The molecule has 7 nitrogen and oxygen atoms in total. The third-order valence-electron chi connectivity index (χ3n) is 3.13. The summed E-state index contributed by atoms with van der Waals surface area (Å²) in [6, 6.07) is 5.35. The van der Waals surface area contributed by atoms with Gasteiger partial charge in [-0.3, -0.25) is 15.0 Å². The smallest absolute Gasteiger partial charge is 0.323 e. The molecule has 0 atom stereocenters. The molecule has 2 amide bonds. The second-order valence-corrected chi connectivity index (χ2v) is 4.95. The highest BCUT2D eigenvalue weighted by molar-refractivity contribution is 5.87. The van der Waals surface area contributed by atoms with E-state index in [4.69, 9.17) is 4.74 Å². The number of ether oxygens (including phenoxy) is 1. The van der Waals surface area contributed by atoms with Crippen LogP contribution in [0.3, 0.4) is 0 Å². The number of nitrogens with one attached hydrogen (secondary N) is 1. The summed E-state index contributed by atoms with van der Waals surface area (Å²) in [5.41, 5.74) is 1.03. The van der Waals surface area contributed by atoms with Gasteiger partial charge in [0.25, 0.3) is 0 Å². The summed E-state index contributed by atoms with van der Waals surface area (Å²) in [6.45, 7) is 1.97. The van der Waals surface area contributed by atoms with Gasteiger partial charge in [0.2, 0.25) is 0 Å². The van der Waals surface area contributed by atoms with Crippen molar-refractivity contribution in [2.24, 2.45) is 0 Å². The van der Waals surface area contributed by atoms with Crippen LogP contribution in [0, 0.1) is 0 Å². The molecule has 0 aromatic carbocycles. The lowest BCUT2D eigenvalue weighted by Crippen LogP contribution is -2.31. The lowest BCUT2D eigenvalue weighted by molar-refractivity contribution is 0.189. The fourth-order valence-corrected chi connectivity index (χ4v) is 1.96. The first-order valence-corrected chi connectivity index (χ1v) is 7.12. The van der Waals surface area contributed by atoms with E-state index in [0.29, 0.717) is 19.0 Å². The monoisotopic (exact) mass is 303 g/mol. The van der Waals surface area contributed by atoms with Gasteiger partial charge < -0.3 is 9.64 Å². The molecule has 0 radical (unpaired) electrons. The molecule has 0 fully saturated rings. The van der Waals surface area contributed by atoms with Crippen LogP contribution in [0.1, 0.15) is 12.0 Å². The summed E-state index contributed by atoms with van der Waals surface area (Å²) in [6.07, 6.45) is 6.15. The molecule has 2 heterocycles. The molecular formula is C15H21N5O2. The van der Waals surface area contributed by atoms with Crippen LogP contribution in [0.2, 0.25) is 0 Å². The van der Waals surface area contributed by atoms with Gasteiger partial charge in [-0.2, -0.15) is 5.10 Å². The molecule has 2 rings (SSSR count). The third kappa shape index (κ3) is 4.85. The lowest BCUT2D eigenvalue weighted by atomic mass is 10.2. The van der Waals surface area contributed by atoms with E-state index >= 15 is 0 Å². The van der Waals surface area contributed by atoms with Crippen molar-refractivity contribution in [2.75, 3.05) is 26.1 Å². The highest BCUT2D eigenvalue weighted by Gasteiger charge is 2.10. The molecule has 0 aliphatic carbocycles. The predicted molar refractivity (Wildman–Crippen MR) is 83.4 cm³/mol. The molecule has 0 saturated carbocycles. The summed E-state index contributed by atoms with van der Waals surface area (Å²) < 4.78 is 6.79. The van der Waals surface area contributed by atoms with E-state index in [1.807, 2.05) is 18.3 Å². The number of aryl methyl sites for hydroxylation is 1. The zero-order valence-electron chi connectivity index (χ0n) is 12.9. The van der Waals surface area contributed by atoms with Crippen LogP contribution in [0.25, 0.3) is 0 Å². The van der Waals surface area contributed by atoms with Crippen molar-refractivity contribution in [1.82, 2.24) is 19.7 Å². The van der Waals surface area contributed by atoms with Crippen molar-refractivity contribution in [3.63, 3.8) is 0 Å². The fourth-order valence-electron chi connectivity index (χ4n) is 1.96. The van der Waals surface area contributed by atoms with Crippen LogP contribution < -0.4 is 5.32 Å². The summed E-state index contributed by atoms with van der Waals surface area (Å²) in [4.78, 5) is 17.7. The number of carbonyl (C=O) groups excluding carboxylic acids is 1. The molecule has 2 aromatic rings. The molecule has 0 bridgehead atoms. The van der Waals surface area contributed by atoms with Gasteiger partial charge in [-0.15, -0.1) is 0 Å². The Bertz CT molecular complexity index is 585. The van der Waals surface area contributed by atoms with Crippen LogP contribution in [0.5, 0.6) is 0 Å². The Kier molecular flexibility index (Phi) is 5.91. The molecule has 1 N–H and O–H groups in total. The Morgan fingerprint density at radius 1 is 1.36 bits per heavy atom. The van der Waals surface area contributed by atoms with E-state index < -0.39 is 0 Å². The van der Waals surface area contributed by atoms with E-state index in [1.54, 1.807) is 42.2 Å². The lowest BCUT2D eigenvalue weighted by Gasteiger charge is -2.17. The van der Waals surface area contributed by atoms with Crippen molar-refractivity contribution < 1.29 is 9.53 Å². The maximum absolute atomic E-state index is 12.1. The SMILES string of the molecule is COCCCn1ccc(NC(=O)N(C)Cc2ccncc2)n1. The van der Waals surface area contributed by atoms with Crippen LogP contribution in [-0.2, 0) is 17.8 Å². The van der Waals surface area contributed by atoms with Crippen LogP contribution in [-0.4, -0.2) is 46.5 Å². The second kappa shape index (κ2) is 8.14. The van der Waals surface area contributed by atoms with Crippen LogP contribution in [0.4, 0.5) is 10.6 Å². The number of aromatic nitrogens is 3. The molecule has 0 saturated heterocycles. The first-order valence-electron chi connectivity index (χ1n) is 7.12. The Morgan fingerprint density at radius 3 is 2.86 bits per heavy atom. The number of nitrogens with zero attached hydrogens (tertiary/aromatic N) is 4. The molecule has 118 valence electrons. The van der Waals surface area contributed by atoms with Gasteiger partial charge in [0, 0.05) is 58.5 Å². The number of pyridine rings is 1. The zero-order chi connectivity index (χ0) is 15.8. The average Bonchev–Trinajstić information content (AvgIpc) is 2.96. The van der Waals surface area contributed by atoms with Crippen molar-refractivity contribution in [2.45, 2.75) is 19.5 Å². The Labute approximate surface area is 129 Å². The number of urea groups is 1. The molecule has 7 heteroatoms. The molecule has 0 spiro atoms. The van der Waals surface area contributed by atoms with Crippen LogP contribution in [0.15, 0.2) is 36.8 Å². The standard InChI is InChI=1S/C15H21N5O2/c1-19(12-13-4-7-16-8-5-13)15(21)17-14-6-10-20(18-14)9-3-11-22-2/h4-8,10H,3,9,11-12H2,1-2H3,(H,17,18,21). The van der Waals surface area contributed by atoms with Gasteiger partial charge in [-0.25, -0.2) is 4.79 Å². The van der Waals surface area contributed by atoms with Crippen molar-refractivity contribution in [1.29, 1.82) is 0 Å². The zero-order valence-corrected chi connectivity index (χ0v) is 12.9. The average molecular weight is 303 g/mol. The maximum atomic E-state index is 12.1. The minimum absolute atomic E-state index is 0.195. The largest absolute Gasteiger partial charge is 0.385 e. The van der Waals surface area contributed by atoms with E-state index in [9.17, 15) is 4.79 Å². The van der Waals surface area contributed by atoms with E-state index in [2.05, 4.69) is 15.4 Å². The topological polar surface area (TPSA) is 72.3 Å². The van der Waals surface area contributed by atoms with Gasteiger partial charge in [0.1, 0.15) is 0 Å². The number of methoxy groups -OCH3 is 1. The minimum atomic E-state index is -0.195. The Hall–Kier alpha value is -2.41. The molecule has 22 heavy (non-hydrogen) atoms. The van der Waals surface area contributed by atoms with E-state index in [0.717, 1.165) is 18.5 Å². The molecule has 0 aliphatic rings.